The van der Waals surface area contributed by atoms with Gasteiger partial charge in [0.1, 0.15) is 0 Å². The summed E-state index contributed by atoms with van der Waals surface area (Å²) in [5.74, 6) is -1.18. The van der Waals surface area contributed by atoms with Crippen molar-refractivity contribution < 1.29 is 19.8 Å². The van der Waals surface area contributed by atoms with Crippen LogP contribution in [0.2, 0.25) is 0 Å². The van der Waals surface area contributed by atoms with Crippen LogP contribution < -0.4 is 5.32 Å². The molecule has 122 valence electrons. The van der Waals surface area contributed by atoms with Crippen molar-refractivity contribution in [2.75, 3.05) is 6.54 Å². The van der Waals surface area contributed by atoms with Crippen LogP contribution in [0.5, 0.6) is 0 Å². The summed E-state index contributed by atoms with van der Waals surface area (Å²) in [6, 6.07) is 6.66. The van der Waals surface area contributed by atoms with Crippen LogP contribution in [0, 0.1) is 5.41 Å². The molecular weight excluding hydrogens is 282 g/mol. The Hall–Kier alpha value is -1.88. The van der Waals surface area contributed by atoms with E-state index in [0.29, 0.717) is 18.4 Å². The number of carboxylic acid groups (broad SMARTS) is 1. The van der Waals surface area contributed by atoms with Gasteiger partial charge < -0.3 is 15.5 Å². The molecule has 1 aromatic rings. The monoisotopic (exact) mass is 307 g/mol. The third-order valence-electron chi connectivity index (χ3n) is 3.25. The van der Waals surface area contributed by atoms with Crippen molar-refractivity contribution in [1.29, 1.82) is 0 Å². The van der Waals surface area contributed by atoms with Crippen LogP contribution in [-0.4, -0.2) is 34.7 Å². The zero-order valence-corrected chi connectivity index (χ0v) is 13.4. The molecule has 0 saturated carbocycles. The van der Waals surface area contributed by atoms with E-state index in [-0.39, 0.29) is 29.9 Å². The van der Waals surface area contributed by atoms with Gasteiger partial charge in [-0.3, -0.25) is 4.79 Å². The van der Waals surface area contributed by atoms with Gasteiger partial charge in [-0.2, -0.15) is 0 Å². The van der Waals surface area contributed by atoms with Crippen molar-refractivity contribution in [1.82, 2.24) is 5.32 Å². The predicted octanol–water partition coefficient (Wildman–Crippen LogP) is 2.23. The van der Waals surface area contributed by atoms with Crippen LogP contribution in [0.3, 0.4) is 0 Å². The minimum absolute atomic E-state index is 0.00454. The molecule has 0 aliphatic rings. The summed E-state index contributed by atoms with van der Waals surface area (Å²) in [5.41, 5.74) is 0.869. The summed E-state index contributed by atoms with van der Waals surface area (Å²) in [5, 5.41) is 21.6. The largest absolute Gasteiger partial charge is 0.478 e. The highest BCUT2D eigenvalue weighted by Gasteiger charge is 2.17. The molecule has 0 fully saturated rings. The minimum atomic E-state index is -0.989. The van der Waals surface area contributed by atoms with Crippen LogP contribution in [0.4, 0.5) is 0 Å². The van der Waals surface area contributed by atoms with E-state index < -0.39 is 12.1 Å². The summed E-state index contributed by atoms with van der Waals surface area (Å²) in [7, 11) is 0. The molecule has 0 radical (unpaired) electrons. The molecule has 1 rings (SSSR count). The fourth-order valence-electron chi connectivity index (χ4n) is 2.29. The average Bonchev–Trinajstić information content (AvgIpc) is 2.41. The maximum absolute atomic E-state index is 11.8. The Labute approximate surface area is 131 Å². The standard InChI is InChI=1S/C17H25NO4/c1-17(2,3)10-13(19)11-18-15(20)9-8-12-6-4-5-7-14(12)16(21)22/h4-7,13,19H,8-11H2,1-3H3,(H,18,20)(H,21,22). The third kappa shape index (κ3) is 6.72. The first-order chi connectivity index (χ1) is 10.2. The van der Waals surface area contributed by atoms with Crippen LogP contribution in [0.1, 0.15) is 49.5 Å². The molecule has 0 aromatic heterocycles. The van der Waals surface area contributed by atoms with Crippen molar-refractivity contribution in [3.63, 3.8) is 0 Å². The van der Waals surface area contributed by atoms with Gasteiger partial charge in [-0.15, -0.1) is 0 Å². The number of aliphatic hydroxyl groups is 1. The summed E-state index contributed by atoms with van der Waals surface area (Å²) >= 11 is 0. The molecule has 0 aliphatic heterocycles. The Balaban J connectivity index is 2.43. The number of carboxylic acids is 1. The van der Waals surface area contributed by atoms with Gasteiger partial charge in [0, 0.05) is 13.0 Å². The van der Waals surface area contributed by atoms with Crippen LogP contribution in [0.25, 0.3) is 0 Å². The Morgan fingerprint density at radius 1 is 1.23 bits per heavy atom. The number of aryl methyl sites for hydroxylation is 1. The van der Waals surface area contributed by atoms with Gasteiger partial charge in [-0.05, 0) is 29.9 Å². The Morgan fingerprint density at radius 3 is 2.45 bits per heavy atom. The Bertz CT molecular complexity index is 520. The first-order valence-corrected chi connectivity index (χ1v) is 7.45. The molecule has 1 atom stereocenters. The number of nitrogens with one attached hydrogen (secondary N) is 1. The van der Waals surface area contributed by atoms with Crippen molar-refractivity contribution in [3.05, 3.63) is 35.4 Å². The molecule has 0 bridgehead atoms. The molecular formula is C17H25NO4. The highest BCUT2D eigenvalue weighted by Crippen LogP contribution is 2.20. The summed E-state index contributed by atoms with van der Waals surface area (Å²) in [6.45, 7) is 6.30. The van der Waals surface area contributed by atoms with Crippen LogP contribution in [-0.2, 0) is 11.2 Å². The van der Waals surface area contributed by atoms with Gasteiger partial charge in [0.15, 0.2) is 0 Å². The molecule has 5 heteroatoms. The lowest BCUT2D eigenvalue weighted by Crippen LogP contribution is -2.34. The molecule has 0 spiro atoms. The van der Waals surface area contributed by atoms with E-state index in [2.05, 4.69) is 5.32 Å². The lowest BCUT2D eigenvalue weighted by molar-refractivity contribution is -0.121. The van der Waals surface area contributed by atoms with E-state index >= 15 is 0 Å². The Morgan fingerprint density at radius 2 is 1.86 bits per heavy atom. The zero-order valence-electron chi connectivity index (χ0n) is 13.4. The lowest BCUT2D eigenvalue weighted by Gasteiger charge is -2.22. The number of hydrogen-bond donors (Lipinski definition) is 3. The van der Waals surface area contributed by atoms with Crippen molar-refractivity contribution in [3.8, 4) is 0 Å². The SMILES string of the molecule is CC(C)(C)CC(O)CNC(=O)CCc1ccccc1C(=O)O. The van der Waals surface area contributed by atoms with Gasteiger partial charge in [0.25, 0.3) is 0 Å². The fraction of sp³-hybridized carbons (Fsp3) is 0.529. The highest BCUT2D eigenvalue weighted by molar-refractivity contribution is 5.89. The predicted molar refractivity (Wildman–Crippen MR) is 84.8 cm³/mol. The molecule has 1 amide bonds. The summed E-state index contributed by atoms with van der Waals surface area (Å²) in [6.07, 6.45) is 0.598. The summed E-state index contributed by atoms with van der Waals surface area (Å²) < 4.78 is 0. The molecule has 0 aliphatic carbocycles. The number of aromatic carboxylic acids is 1. The zero-order chi connectivity index (χ0) is 16.8. The third-order valence-corrected chi connectivity index (χ3v) is 3.25. The number of amides is 1. The second kappa shape index (κ2) is 7.94. The van der Waals surface area contributed by atoms with E-state index in [1.54, 1.807) is 18.2 Å². The van der Waals surface area contributed by atoms with Gasteiger partial charge in [-0.1, -0.05) is 39.0 Å². The quantitative estimate of drug-likeness (QED) is 0.721. The second-order valence-corrected chi connectivity index (χ2v) is 6.68. The maximum Gasteiger partial charge on any atom is 0.335 e. The topological polar surface area (TPSA) is 86.6 Å². The maximum atomic E-state index is 11.8. The van der Waals surface area contributed by atoms with E-state index in [0.717, 1.165) is 0 Å². The van der Waals surface area contributed by atoms with E-state index in [1.165, 1.54) is 6.07 Å². The normalized spacial score (nSPS) is 12.7. The molecule has 1 unspecified atom stereocenters. The first kappa shape index (κ1) is 18.2. The van der Waals surface area contributed by atoms with Crippen molar-refractivity contribution in [2.45, 2.75) is 46.1 Å². The number of rotatable bonds is 7. The molecule has 22 heavy (non-hydrogen) atoms. The van der Waals surface area contributed by atoms with E-state index in [4.69, 9.17) is 5.11 Å². The second-order valence-electron chi connectivity index (χ2n) is 6.68. The number of carbonyl (C=O) groups is 2. The van der Waals surface area contributed by atoms with Gasteiger partial charge in [0.05, 0.1) is 11.7 Å². The summed E-state index contributed by atoms with van der Waals surface area (Å²) in [4.78, 5) is 22.9. The number of hydrogen-bond acceptors (Lipinski definition) is 3. The molecule has 1 aromatic carbocycles. The van der Waals surface area contributed by atoms with Crippen molar-refractivity contribution >= 4 is 11.9 Å². The van der Waals surface area contributed by atoms with Crippen LogP contribution >= 0.6 is 0 Å². The highest BCUT2D eigenvalue weighted by atomic mass is 16.4. The van der Waals surface area contributed by atoms with E-state index in [1.807, 2.05) is 20.8 Å². The number of benzene rings is 1. The van der Waals surface area contributed by atoms with E-state index in [9.17, 15) is 14.7 Å². The van der Waals surface area contributed by atoms with Crippen molar-refractivity contribution in [2.24, 2.45) is 5.41 Å². The van der Waals surface area contributed by atoms with Gasteiger partial charge in [-0.25, -0.2) is 4.79 Å². The van der Waals surface area contributed by atoms with Gasteiger partial charge in [0.2, 0.25) is 5.91 Å². The average molecular weight is 307 g/mol. The first-order valence-electron chi connectivity index (χ1n) is 7.45. The number of aliphatic hydroxyl groups excluding tert-OH is 1. The molecule has 5 nitrogen and oxygen atoms in total. The van der Waals surface area contributed by atoms with Crippen LogP contribution in [0.15, 0.2) is 24.3 Å². The molecule has 0 saturated heterocycles. The minimum Gasteiger partial charge on any atom is -0.478 e. The lowest BCUT2D eigenvalue weighted by atomic mass is 9.89. The molecule has 3 N–H and O–H groups in total. The molecule has 0 heterocycles. The van der Waals surface area contributed by atoms with Gasteiger partial charge >= 0.3 is 5.97 Å². The fourth-order valence-corrected chi connectivity index (χ4v) is 2.29. The smallest absolute Gasteiger partial charge is 0.335 e. The Kier molecular flexibility index (Phi) is 6.56. The number of carbonyl (C=O) groups excluding carboxylic acids is 1.